The van der Waals surface area contributed by atoms with Gasteiger partial charge in [0, 0.05) is 24.5 Å². The van der Waals surface area contributed by atoms with E-state index in [0.717, 1.165) is 5.56 Å². The summed E-state index contributed by atoms with van der Waals surface area (Å²) in [5, 5.41) is 11.1. The van der Waals surface area contributed by atoms with E-state index in [1.165, 1.54) is 4.90 Å². The average Bonchev–Trinajstić information content (AvgIpc) is 3.31. The molecule has 1 aliphatic rings. The number of pyridine rings is 1. The van der Waals surface area contributed by atoms with Crippen LogP contribution in [0.2, 0.25) is 0 Å². The predicted octanol–water partition coefficient (Wildman–Crippen LogP) is 4.00. The molecule has 0 aliphatic carbocycles. The first-order valence-electron chi connectivity index (χ1n) is 9.96. The summed E-state index contributed by atoms with van der Waals surface area (Å²) in [6, 6.07) is 13.0. The second-order valence-corrected chi connectivity index (χ2v) is 7.20. The summed E-state index contributed by atoms with van der Waals surface area (Å²) in [4.78, 5) is 31.5. The number of ether oxygens (including phenoxy) is 1. The maximum Gasteiger partial charge on any atom is 0.296 e. The Labute approximate surface area is 179 Å². The number of rotatable bonds is 6. The van der Waals surface area contributed by atoms with Crippen LogP contribution in [0.15, 0.2) is 70.9 Å². The van der Waals surface area contributed by atoms with Gasteiger partial charge in [-0.1, -0.05) is 18.2 Å². The van der Waals surface area contributed by atoms with Crippen molar-refractivity contribution in [1.29, 1.82) is 0 Å². The molecule has 0 radical (unpaired) electrons. The van der Waals surface area contributed by atoms with Gasteiger partial charge in [-0.25, -0.2) is 0 Å². The first kappa shape index (κ1) is 20.4. The number of Topliss-reactive ketones (excluding diaryl/α,β-unsaturated/α-hetero) is 1. The Balaban J connectivity index is 1.83. The molecule has 1 fully saturated rings. The molecule has 0 spiro atoms. The van der Waals surface area contributed by atoms with E-state index in [0.29, 0.717) is 29.4 Å². The number of nitrogens with zero attached hydrogens (tertiary/aromatic N) is 2. The van der Waals surface area contributed by atoms with E-state index in [2.05, 4.69) is 4.98 Å². The lowest BCUT2D eigenvalue weighted by Crippen LogP contribution is -2.29. The van der Waals surface area contributed by atoms with Crippen LogP contribution >= 0.6 is 0 Å². The Morgan fingerprint density at radius 2 is 2.03 bits per heavy atom. The largest absolute Gasteiger partial charge is 0.507 e. The fourth-order valence-corrected chi connectivity index (χ4v) is 3.68. The van der Waals surface area contributed by atoms with Crippen molar-refractivity contribution in [2.45, 2.75) is 26.4 Å². The molecule has 1 N–H and O–H groups in total. The Morgan fingerprint density at radius 1 is 1.19 bits per heavy atom. The average molecular weight is 418 g/mol. The maximum atomic E-state index is 13.0. The number of ketones is 1. The minimum Gasteiger partial charge on any atom is -0.507 e. The van der Waals surface area contributed by atoms with Crippen LogP contribution in [-0.4, -0.2) is 33.3 Å². The monoisotopic (exact) mass is 418 g/mol. The number of amides is 1. The molecular weight excluding hydrogens is 396 g/mol. The summed E-state index contributed by atoms with van der Waals surface area (Å²) in [6.07, 6.45) is 3.27. The van der Waals surface area contributed by atoms with E-state index in [9.17, 15) is 14.7 Å². The van der Waals surface area contributed by atoms with Crippen LogP contribution in [0.5, 0.6) is 5.75 Å². The highest BCUT2D eigenvalue weighted by molar-refractivity contribution is 6.46. The number of hydrogen-bond donors (Lipinski definition) is 1. The van der Waals surface area contributed by atoms with Crippen molar-refractivity contribution in [2.24, 2.45) is 0 Å². The van der Waals surface area contributed by atoms with E-state index in [1.807, 2.05) is 13.0 Å². The van der Waals surface area contributed by atoms with E-state index in [-0.39, 0.29) is 17.9 Å². The third-order valence-corrected chi connectivity index (χ3v) is 5.06. The zero-order valence-corrected chi connectivity index (χ0v) is 17.2. The van der Waals surface area contributed by atoms with Gasteiger partial charge in [-0.2, -0.15) is 0 Å². The van der Waals surface area contributed by atoms with Gasteiger partial charge in [0.2, 0.25) is 0 Å². The molecular formula is C24H22N2O5. The van der Waals surface area contributed by atoms with Crippen LogP contribution in [0.4, 0.5) is 0 Å². The zero-order valence-electron chi connectivity index (χ0n) is 17.2. The molecule has 1 unspecified atom stereocenters. The van der Waals surface area contributed by atoms with E-state index in [1.54, 1.807) is 61.8 Å². The second-order valence-electron chi connectivity index (χ2n) is 7.20. The SMILES string of the molecule is CCOc1cccc(/C(O)=C2\C(=O)C(=O)N(Cc3cccnc3)C2c2ccc(C)o2)c1. The molecule has 1 aliphatic heterocycles. The van der Waals surface area contributed by atoms with E-state index < -0.39 is 17.7 Å². The van der Waals surface area contributed by atoms with Gasteiger partial charge in [0.05, 0.1) is 12.2 Å². The van der Waals surface area contributed by atoms with Crippen molar-refractivity contribution in [2.75, 3.05) is 6.61 Å². The first-order valence-corrected chi connectivity index (χ1v) is 9.96. The van der Waals surface area contributed by atoms with Gasteiger partial charge < -0.3 is 19.2 Å². The van der Waals surface area contributed by atoms with Gasteiger partial charge in [-0.15, -0.1) is 0 Å². The highest BCUT2D eigenvalue weighted by Gasteiger charge is 2.47. The lowest BCUT2D eigenvalue weighted by atomic mass is 9.99. The van der Waals surface area contributed by atoms with Gasteiger partial charge in [0.25, 0.3) is 11.7 Å². The predicted molar refractivity (Wildman–Crippen MR) is 113 cm³/mol. The van der Waals surface area contributed by atoms with Crippen molar-refractivity contribution in [1.82, 2.24) is 9.88 Å². The van der Waals surface area contributed by atoms with Gasteiger partial charge in [0.1, 0.15) is 29.1 Å². The topological polar surface area (TPSA) is 92.9 Å². The quantitative estimate of drug-likeness (QED) is 0.369. The fourth-order valence-electron chi connectivity index (χ4n) is 3.68. The molecule has 1 amide bonds. The van der Waals surface area contributed by atoms with Crippen LogP contribution in [0, 0.1) is 6.92 Å². The highest BCUT2D eigenvalue weighted by atomic mass is 16.5. The number of furan rings is 1. The van der Waals surface area contributed by atoms with Crippen LogP contribution in [0.1, 0.15) is 35.6 Å². The molecule has 2 aromatic heterocycles. The molecule has 31 heavy (non-hydrogen) atoms. The number of benzene rings is 1. The molecule has 7 heteroatoms. The highest BCUT2D eigenvalue weighted by Crippen LogP contribution is 2.41. The Morgan fingerprint density at radius 3 is 2.71 bits per heavy atom. The zero-order chi connectivity index (χ0) is 22.0. The smallest absolute Gasteiger partial charge is 0.296 e. The molecule has 7 nitrogen and oxygen atoms in total. The molecule has 1 aromatic carbocycles. The number of aryl methyl sites for hydroxylation is 1. The molecule has 1 atom stereocenters. The van der Waals surface area contributed by atoms with Crippen LogP contribution in [-0.2, 0) is 16.1 Å². The third-order valence-electron chi connectivity index (χ3n) is 5.06. The van der Waals surface area contributed by atoms with Crippen LogP contribution in [0.25, 0.3) is 5.76 Å². The number of aliphatic hydroxyl groups excluding tert-OH is 1. The van der Waals surface area contributed by atoms with E-state index in [4.69, 9.17) is 9.15 Å². The number of carbonyl (C=O) groups is 2. The molecule has 158 valence electrons. The number of aromatic nitrogens is 1. The van der Waals surface area contributed by atoms with Crippen molar-refractivity contribution in [3.8, 4) is 5.75 Å². The third kappa shape index (κ3) is 3.94. The normalized spacial score (nSPS) is 17.9. The summed E-state index contributed by atoms with van der Waals surface area (Å²) < 4.78 is 11.3. The standard InChI is InChI=1S/C24H22N2O5/c1-3-30-18-8-4-7-17(12-18)22(27)20-21(19-10-9-15(2)31-19)26(24(29)23(20)28)14-16-6-5-11-25-13-16/h4-13,21,27H,3,14H2,1-2H3/b22-20+. The summed E-state index contributed by atoms with van der Waals surface area (Å²) in [7, 11) is 0. The van der Waals surface area contributed by atoms with Gasteiger partial charge in [-0.05, 0) is 49.7 Å². The number of aliphatic hydroxyl groups is 1. The van der Waals surface area contributed by atoms with Gasteiger partial charge in [0.15, 0.2) is 0 Å². The number of carbonyl (C=O) groups excluding carboxylic acids is 2. The van der Waals surface area contributed by atoms with Crippen molar-refractivity contribution < 1.29 is 23.8 Å². The number of likely N-dealkylation sites (tertiary alicyclic amines) is 1. The molecule has 0 bridgehead atoms. The minimum atomic E-state index is -0.857. The summed E-state index contributed by atoms with van der Waals surface area (Å²) in [5.41, 5.74) is 1.13. The Bertz CT molecular complexity index is 1150. The van der Waals surface area contributed by atoms with Crippen LogP contribution < -0.4 is 4.74 Å². The second kappa shape index (κ2) is 8.47. The maximum absolute atomic E-state index is 13.0. The van der Waals surface area contributed by atoms with Gasteiger partial charge >= 0.3 is 0 Å². The van der Waals surface area contributed by atoms with Crippen molar-refractivity contribution >= 4 is 17.4 Å². The summed E-state index contributed by atoms with van der Waals surface area (Å²) >= 11 is 0. The number of hydrogen-bond acceptors (Lipinski definition) is 6. The Kier molecular flexibility index (Phi) is 5.58. The van der Waals surface area contributed by atoms with Crippen molar-refractivity contribution in [3.63, 3.8) is 0 Å². The summed E-state index contributed by atoms with van der Waals surface area (Å²) in [5.74, 6) is -0.134. The first-order chi connectivity index (χ1) is 15.0. The van der Waals surface area contributed by atoms with Gasteiger partial charge in [-0.3, -0.25) is 14.6 Å². The van der Waals surface area contributed by atoms with E-state index >= 15 is 0 Å². The lowest BCUT2D eigenvalue weighted by Gasteiger charge is -2.23. The lowest BCUT2D eigenvalue weighted by molar-refractivity contribution is -0.140. The van der Waals surface area contributed by atoms with Crippen molar-refractivity contribution in [3.05, 3.63) is 89.1 Å². The molecule has 4 rings (SSSR count). The molecule has 1 saturated heterocycles. The molecule has 0 saturated carbocycles. The molecule has 3 aromatic rings. The summed E-state index contributed by atoms with van der Waals surface area (Å²) in [6.45, 7) is 4.25. The Hall–Kier alpha value is -3.87. The fraction of sp³-hybridized carbons (Fsp3) is 0.208. The molecule has 3 heterocycles. The minimum absolute atomic E-state index is 0.0168. The van der Waals surface area contributed by atoms with Crippen LogP contribution in [0.3, 0.4) is 0 Å².